The van der Waals surface area contributed by atoms with Crippen molar-refractivity contribution in [2.45, 2.75) is 33.2 Å². The Morgan fingerprint density at radius 2 is 1.86 bits per heavy atom. The smallest absolute Gasteiger partial charge is 0.161 e. The molecule has 0 radical (unpaired) electrons. The highest BCUT2D eigenvalue weighted by atomic mass is 16.5. The van der Waals surface area contributed by atoms with Crippen LogP contribution in [0.4, 0.5) is 0 Å². The van der Waals surface area contributed by atoms with E-state index in [0.29, 0.717) is 19.3 Å². The van der Waals surface area contributed by atoms with E-state index < -0.39 is 0 Å². The second-order valence-corrected chi connectivity index (χ2v) is 5.39. The van der Waals surface area contributed by atoms with Gasteiger partial charge in [-0.3, -0.25) is 4.90 Å². The summed E-state index contributed by atoms with van der Waals surface area (Å²) < 4.78 is 11.4. The number of nitrogens with zero attached hydrogens (tertiary/aromatic N) is 1. The molecule has 1 saturated heterocycles. The van der Waals surface area contributed by atoms with Crippen LogP contribution in [0.25, 0.3) is 0 Å². The standard InChI is InChI=1S/C17H28N2O2/c1-4-20-16-8-7-15(13-17(16)21-5-2)14(3)19-11-6-9-18-10-12-19/h7-8,13-14,18H,4-6,9-12H2,1-3H3. The summed E-state index contributed by atoms with van der Waals surface area (Å²) in [5.41, 5.74) is 1.30. The molecule has 0 amide bonds. The summed E-state index contributed by atoms with van der Waals surface area (Å²) in [6.45, 7) is 12.0. The third-order valence-electron chi connectivity index (χ3n) is 3.97. The van der Waals surface area contributed by atoms with Crippen LogP contribution in [-0.2, 0) is 0 Å². The Balaban J connectivity index is 2.15. The van der Waals surface area contributed by atoms with Crippen molar-refractivity contribution in [1.29, 1.82) is 0 Å². The summed E-state index contributed by atoms with van der Waals surface area (Å²) in [6.07, 6.45) is 1.21. The molecule has 1 unspecified atom stereocenters. The summed E-state index contributed by atoms with van der Waals surface area (Å²) in [7, 11) is 0. The Kier molecular flexibility index (Phi) is 6.33. The molecule has 1 N–H and O–H groups in total. The number of benzene rings is 1. The zero-order chi connectivity index (χ0) is 15.1. The molecule has 1 aromatic rings. The van der Waals surface area contributed by atoms with Gasteiger partial charge in [-0.05, 0) is 58.0 Å². The van der Waals surface area contributed by atoms with Crippen molar-refractivity contribution in [1.82, 2.24) is 10.2 Å². The van der Waals surface area contributed by atoms with E-state index >= 15 is 0 Å². The minimum atomic E-state index is 0.403. The van der Waals surface area contributed by atoms with Gasteiger partial charge in [-0.15, -0.1) is 0 Å². The number of ether oxygens (including phenoxy) is 2. The zero-order valence-electron chi connectivity index (χ0n) is 13.5. The molecule has 1 aliphatic rings. The highest BCUT2D eigenvalue weighted by molar-refractivity contribution is 5.43. The van der Waals surface area contributed by atoms with E-state index in [4.69, 9.17) is 9.47 Å². The summed E-state index contributed by atoms with van der Waals surface area (Å²) >= 11 is 0. The average molecular weight is 292 g/mol. The number of hydrogen-bond acceptors (Lipinski definition) is 4. The van der Waals surface area contributed by atoms with Gasteiger partial charge in [0.15, 0.2) is 11.5 Å². The SMILES string of the molecule is CCOc1ccc(C(C)N2CCCNCC2)cc1OCC. The fourth-order valence-corrected chi connectivity index (χ4v) is 2.79. The number of nitrogens with one attached hydrogen (secondary N) is 1. The van der Waals surface area contributed by atoms with Crippen molar-refractivity contribution < 1.29 is 9.47 Å². The van der Waals surface area contributed by atoms with Gasteiger partial charge in [-0.25, -0.2) is 0 Å². The van der Waals surface area contributed by atoms with Crippen molar-refractivity contribution >= 4 is 0 Å². The second-order valence-electron chi connectivity index (χ2n) is 5.39. The molecule has 4 heteroatoms. The van der Waals surface area contributed by atoms with Crippen molar-refractivity contribution in [3.63, 3.8) is 0 Å². The highest BCUT2D eigenvalue weighted by Crippen LogP contribution is 2.32. The molecule has 0 bridgehead atoms. The van der Waals surface area contributed by atoms with Gasteiger partial charge in [0.2, 0.25) is 0 Å². The highest BCUT2D eigenvalue weighted by Gasteiger charge is 2.18. The van der Waals surface area contributed by atoms with Crippen LogP contribution < -0.4 is 14.8 Å². The van der Waals surface area contributed by atoms with Gasteiger partial charge in [0, 0.05) is 19.1 Å². The van der Waals surface area contributed by atoms with E-state index in [1.807, 2.05) is 19.9 Å². The first-order valence-corrected chi connectivity index (χ1v) is 8.10. The fourth-order valence-electron chi connectivity index (χ4n) is 2.79. The molecule has 21 heavy (non-hydrogen) atoms. The van der Waals surface area contributed by atoms with E-state index in [0.717, 1.165) is 37.7 Å². The molecule has 1 aliphatic heterocycles. The molecule has 2 rings (SSSR count). The van der Waals surface area contributed by atoms with Gasteiger partial charge in [-0.2, -0.15) is 0 Å². The predicted octanol–water partition coefficient (Wildman–Crippen LogP) is 2.84. The van der Waals surface area contributed by atoms with Gasteiger partial charge in [0.05, 0.1) is 13.2 Å². The van der Waals surface area contributed by atoms with Gasteiger partial charge in [0.25, 0.3) is 0 Å². The van der Waals surface area contributed by atoms with E-state index in [1.54, 1.807) is 0 Å². The fraction of sp³-hybridized carbons (Fsp3) is 0.647. The quantitative estimate of drug-likeness (QED) is 0.874. The monoisotopic (exact) mass is 292 g/mol. The van der Waals surface area contributed by atoms with Gasteiger partial charge in [-0.1, -0.05) is 6.07 Å². The predicted molar refractivity (Wildman–Crippen MR) is 86.3 cm³/mol. The summed E-state index contributed by atoms with van der Waals surface area (Å²) in [6, 6.07) is 6.74. The largest absolute Gasteiger partial charge is 0.490 e. The maximum atomic E-state index is 5.74. The van der Waals surface area contributed by atoms with E-state index in [2.05, 4.69) is 29.3 Å². The molecule has 1 heterocycles. The van der Waals surface area contributed by atoms with Crippen LogP contribution in [-0.4, -0.2) is 44.3 Å². The summed E-state index contributed by atoms with van der Waals surface area (Å²) in [4.78, 5) is 2.53. The van der Waals surface area contributed by atoms with E-state index in [9.17, 15) is 0 Å². The van der Waals surface area contributed by atoms with Crippen molar-refractivity contribution in [3.05, 3.63) is 23.8 Å². The first-order valence-electron chi connectivity index (χ1n) is 8.10. The average Bonchev–Trinajstić information content (AvgIpc) is 2.78. The van der Waals surface area contributed by atoms with Crippen LogP contribution in [0.3, 0.4) is 0 Å². The molecule has 118 valence electrons. The summed E-state index contributed by atoms with van der Waals surface area (Å²) in [5.74, 6) is 1.70. The molecule has 1 atom stereocenters. The van der Waals surface area contributed by atoms with Crippen LogP contribution in [0.1, 0.15) is 38.8 Å². The molecule has 4 nitrogen and oxygen atoms in total. The van der Waals surface area contributed by atoms with Crippen LogP contribution in [0.5, 0.6) is 11.5 Å². The molecule has 0 saturated carbocycles. The van der Waals surface area contributed by atoms with Gasteiger partial charge in [0.1, 0.15) is 0 Å². The van der Waals surface area contributed by atoms with Crippen molar-refractivity contribution in [3.8, 4) is 11.5 Å². The van der Waals surface area contributed by atoms with Gasteiger partial charge < -0.3 is 14.8 Å². The Morgan fingerprint density at radius 3 is 2.62 bits per heavy atom. The lowest BCUT2D eigenvalue weighted by molar-refractivity contribution is 0.224. The minimum Gasteiger partial charge on any atom is -0.490 e. The lowest BCUT2D eigenvalue weighted by atomic mass is 10.1. The first kappa shape index (κ1) is 16.1. The molecule has 1 aromatic carbocycles. The Bertz CT molecular complexity index is 429. The second kappa shape index (κ2) is 8.25. The topological polar surface area (TPSA) is 33.7 Å². The van der Waals surface area contributed by atoms with Crippen LogP contribution in [0.15, 0.2) is 18.2 Å². The lowest BCUT2D eigenvalue weighted by Crippen LogP contribution is -2.30. The van der Waals surface area contributed by atoms with Crippen molar-refractivity contribution in [2.24, 2.45) is 0 Å². The maximum Gasteiger partial charge on any atom is 0.161 e. The lowest BCUT2D eigenvalue weighted by Gasteiger charge is -2.28. The molecule has 0 aromatic heterocycles. The van der Waals surface area contributed by atoms with Crippen LogP contribution in [0.2, 0.25) is 0 Å². The third kappa shape index (κ3) is 4.35. The Labute approximate surface area is 128 Å². The Morgan fingerprint density at radius 1 is 1.10 bits per heavy atom. The Hall–Kier alpha value is -1.26. The normalized spacial score (nSPS) is 18.0. The molecule has 0 spiro atoms. The first-order chi connectivity index (χ1) is 10.3. The molecule has 1 fully saturated rings. The zero-order valence-corrected chi connectivity index (χ0v) is 13.5. The maximum absolute atomic E-state index is 5.74. The molecule has 0 aliphatic carbocycles. The minimum absolute atomic E-state index is 0.403. The van der Waals surface area contributed by atoms with Crippen LogP contribution in [0, 0.1) is 0 Å². The molecular formula is C17H28N2O2. The van der Waals surface area contributed by atoms with Gasteiger partial charge >= 0.3 is 0 Å². The number of hydrogen-bond donors (Lipinski definition) is 1. The number of rotatable bonds is 6. The third-order valence-corrected chi connectivity index (χ3v) is 3.97. The van der Waals surface area contributed by atoms with E-state index in [1.165, 1.54) is 12.0 Å². The summed E-state index contributed by atoms with van der Waals surface area (Å²) in [5, 5.41) is 3.45. The van der Waals surface area contributed by atoms with Crippen LogP contribution >= 0.6 is 0 Å². The molecular weight excluding hydrogens is 264 g/mol. The van der Waals surface area contributed by atoms with E-state index in [-0.39, 0.29) is 0 Å². The van der Waals surface area contributed by atoms with Crippen molar-refractivity contribution in [2.75, 3.05) is 39.4 Å².